The number of hydrogen-bond acceptors (Lipinski definition) is 5. The highest BCUT2D eigenvalue weighted by Crippen LogP contribution is 2.20. The highest BCUT2D eigenvalue weighted by Gasteiger charge is 2.11. The Bertz CT molecular complexity index is 573. The van der Waals surface area contributed by atoms with Crippen LogP contribution in [0.4, 0.5) is 0 Å². The summed E-state index contributed by atoms with van der Waals surface area (Å²) in [4.78, 5) is 19.9. The Morgan fingerprint density at radius 2 is 2.05 bits per heavy atom. The zero-order valence-electron chi connectivity index (χ0n) is 10.8. The number of carbonyl (C=O) groups excluding carboxylic acids is 1. The number of methoxy groups -OCH3 is 1. The van der Waals surface area contributed by atoms with E-state index in [9.17, 15) is 4.79 Å². The van der Waals surface area contributed by atoms with Crippen LogP contribution in [0.25, 0.3) is 0 Å². The van der Waals surface area contributed by atoms with E-state index in [2.05, 4.69) is 26.8 Å². The van der Waals surface area contributed by atoms with Crippen LogP contribution in [0.5, 0.6) is 0 Å². The van der Waals surface area contributed by atoms with Crippen molar-refractivity contribution in [3.8, 4) is 0 Å². The lowest BCUT2D eigenvalue weighted by Crippen LogP contribution is -2.06. The number of hydrogen-bond donors (Lipinski definition) is 0. The van der Waals surface area contributed by atoms with Crippen molar-refractivity contribution in [1.29, 1.82) is 0 Å². The number of aryl methyl sites for hydroxylation is 1. The number of thioether (sulfide) groups is 1. The predicted molar refractivity (Wildman–Crippen MR) is 74.1 cm³/mol. The van der Waals surface area contributed by atoms with E-state index >= 15 is 0 Å². The maximum atomic E-state index is 11.4. The van der Waals surface area contributed by atoms with Gasteiger partial charge in [0.05, 0.1) is 18.4 Å². The lowest BCUT2D eigenvalue weighted by atomic mass is 10.2. The van der Waals surface area contributed by atoms with Gasteiger partial charge in [0.2, 0.25) is 0 Å². The molecule has 5 heteroatoms. The van der Waals surface area contributed by atoms with Crippen LogP contribution in [0, 0.1) is 6.92 Å². The quantitative estimate of drug-likeness (QED) is 0.487. The molecule has 4 nitrogen and oxygen atoms in total. The molecule has 0 N–H and O–H groups in total. The van der Waals surface area contributed by atoms with E-state index in [1.54, 1.807) is 18.7 Å². The van der Waals surface area contributed by atoms with Crippen molar-refractivity contribution in [3.05, 3.63) is 53.3 Å². The van der Waals surface area contributed by atoms with E-state index < -0.39 is 5.97 Å². The third kappa shape index (κ3) is 3.54. The van der Waals surface area contributed by atoms with Crippen molar-refractivity contribution in [2.24, 2.45) is 0 Å². The number of benzene rings is 1. The lowest BCUT2D eigenvalue weighted by Gasteiger charge is -2.05. The van der Waals surface area contributed by atoms with Gasteiger partial charge >= 0.3 is 5.97 Å². The first-order valence-electron chi connectivity index (χ1n) is 5.79. The monoisotopic (exact) mass is 274 g/mol. The highest BCUT2D eigenvalue weighted by atomic mass is 32.2. The van der Waals surface area contributed by atoms with Gasteiger partial charge in [-0.3, -0.25) is 0 Å². The van der Waals surface area contributed by atoms with Crippen molar-refractivity contribution in [2.45, 2.75) is 17.8 Å². The Kier molecular flexibility index (Phi) is 4.52. The van der Waals surface area contributed by atoms with E-state index in [1.165, 1.54) is 18.9 Å². The van der Waals surface area contributed by atoms with Gasteiger partial charge in [-0.05, 0) is 12.5 Å². The molecule has 0 fully saturated rings. The minimum absolute atomic E-state index is 0.405. The summed E-state index contributed by atoms with van der Waals surface area (Å²) in [5, 5.41) is 0.661. The average Bonchev–Trinajstić information content (AvgIpc) is 2.45. The summed E-state index contributed by atoms with van der Waals surface area (Å²) in [6, 6.07) is 10.1. The molecule has 2 rings (SSSR count). The molecule has 0 spiro atoms. The Hall–Kier alpha value is -1.88. The second-order valence-electron chi connectivity index (χ2n) is 3.92. The van der Waals surface area contributed by atoms with E-state index in [4.69, 9.17) is 0 Å². The molecule has 0 aliphatic carbocycles. The van der Waals surface area contributed by atoms with Gasteiger partial charge in [0.1, 0.15) is 0 Å². The average molecular weight is 274 g/mol. The highest BCUT2D eigenvalue weighted by molar-refractivity contribution is 7.98. The van der Waals surface area contributed by atoms with Gasteiger partial charge in [-0.25, -0.2) is 14.8 Å². The van der Waals surface area contributed by atoms with Gasteiger partial charge in [-0.1, -0.05) is 42.1 Å². The maximum Gasteiger partial charge on any atom is 0.341 e. The summed E-state index contributed by atoms with van der Waals surface area (Å²) in [5.74, 6) is 0.398. The van der Waals surface area contributed by atoms with Crippen molar-refractivity contribution in [1.82, 2.24) is 9.97 Å². The van der Waals surface area contributed by atoms with Gasteiger partial charge in [-0.15, -0.1) is 0 Å². The first-order chi connectivity index (χ1) is 9.20. The molecule has 19 heavy (non-hydrogen) atoms. The van der Waals surface area contributed by atoms with E-state index in [0.29, 0.717) is 16.4 Å². The van der Waals surface area contributed by atoms with Crippen LogP contribution in [0.1, 0.15) is 21.6 Å². The van der Waals surface area contributed by atoms with Gasteiger partial charge < -0.3 is 4.74 Å². The normalized spacial score (nSPS) is 10.2. The second kappa shape index (κ2) is 6.33. The number of ether oxygens (including phenoxy) is 1. The molecule has 0 saturated carbocycles. The molecule has 0 atom stereocenters. The third-order valence-electron chi connectivity index (χ3n) is 2.57. The number of nitrogens with zero attached hydrogens (tertiary/aromatic N) is 2. The van der Waals surface area contributed by atoms with Gasteiger partial charge in [0.25, 0.3) is 0 Å². The van der Waals surface area contributed by atoms with E-state index in [0.717, 1.165) is 5.75 Å². The minimum Gasteiger partial charge on any atom is -0.465 e. The second-order valence-corrected chi connectivity index (χ2v) is 4.86. The molecule has 0 aliphatic heterocycles. The van der Waals surface area contributed by atoms with Crippen molar-refractivity contribution in [3.63, 3.8) is 0 Å². The van der Waals surface area contributed by atoms with Gasteiger partial charge in [0.15, 0.2) is 5.16 Å². The summed E-state index contributed by atoms with van der Waals surface area (Å²) in [6.07, 6.45) is 1.52. The Morgan fingerprint density at radius 3 is 2.68 bits per heavy atom. The van der Waals surface area contributed by atoms with Crippen molar-refractivity contribution < 1.29 is 9.53 Å². The van der Waals surface area contributed by atoms with Gasteiger partial charge in [-0.2, -0.15) is 0 Å². The smallest absolute Gasteiger partial charge is 0.341 e. The summed E-state index contributed by atoms with van der Waals surface area (Å²) in [6.45, 7) is 1.78. The predicted octanol–water partition coefficient (Wildman–Crippen LogP) is 2.86. The topological polar surface area (TPSA) is 52.1 Å². The van der Waals surface area contributed by atoms with Crippen LogP contribution in [-0.2, 0) is 10.5 Å². The molecule has 0 bridgehead atoms. The van der Waals surface area contributed by atoms with Crippen molar-refractivity contribution >= 4 is 17.7 Å². The molecule has 0 radical (unpaired) electrons. The number of rotatable bonds is 4. The lowest BCUT2D eigenvalue weighted by molar-refractivity contribution is 0.0598. The molecule has 0 unspecified atom stereocenters. The van der Waals surface area contributed by atoms with Crippen LogP contribution in [0.15, 0.2) is 41.7 Å². The van der Waals surface area contributed by atoms with Gasteiger partial charge in [0, 0.05) is 11.9 Å². The number of carbonyl (C=O) groups is 1. The molecule has 1 aromatic heterocycles. The summed E-state index contributed by atoms with van der Waals surface area (Å²) < 4.78 is 4.66. The van der Waals surface area contributed by atoms with E-state index in [1.807, 2.05) is 18.2 Å². The van der Waals surface area contributed by atoms with Crippen LogP contribution >= 0.6 is 11.8 Å². The zero-order chi connectivity index (χ0) is 13.7. The van der Waals surface area contributed by atoms with Crippen molar-refractivity contribution in [2.75, 3.05) is 7.11 Å². The molecule has 1 heterocycles. The Morgan fingerprint density at radius 1 is 1.32 bits per heavy atom. The SMILES string of the molecule is COC(=O)c1cnc(SCc2ccccc2)nc1C. The van der Waals surface area contributed by atoms with Crippen LogP contribution in [-0.4, -0.2) is 23.0 Å². The largest absolute Gasteiger partial charge is 0.465 e. The molecule has 1 aromatic carbocycles. The molecular formula is C14H14N2O2S. The summed E-state index contributed by atoms with van der Waals surface area (Å²) in [7, 11) is 1.35. The fraction of sp³-hybridized carbons (Fsp3) is 0.214. The van der Waals surface area contributed by atoms with E-state index in [-0.39, 0.29) is 0 Å². The molecule has 0 aliphatic rings. The summed E-state index contributed by atoms with van der Waals surface area (Å²) in [5.41, 5.74) is 2.26. The summed E-state index contributed by atoms with van der Waals surface area (Å²) >= 11 is 1.54. The molecular weight excluding hydrogens is 260 g/mol. The first kappa shape index (κ1) is 13.5. The molecule has 0 saturated heterocycles. The maximum absolute atomic E-state index is 11.4. The minimum atomic E-state index is -0.405. The molecule has 98 valence electrons. The number of aromatic nitrogens is 2. The first-order valence-corrected chi connectivity index (χ1v) is 6.78. The fourth-order valence-electron chi connectivity index (χ4n) is 1.55. The Balaban J connectivity index is 2.06. The third-order valence-corrected chi connectivity index (χ3v) is 3.51. The van der Waals surface area contributed by atoms with Crippen LogP contribution < -0.4 is 0 Å². The van der Waals surface area contributed by atoms with Crippen LogP contribution in [0.2, 0.25) is 0 Å². The standard InChI is InChI=1S/C14H14N2O2S/c1-10-12(13(17)18-2)8-15-14(16-10)19-9-11-6-4-3-5-7-11/h3-8H,9H2,1-2H3. The zero-order valence-corrected chi connectivity index (χ0v) is 11.6. The Labute approximate surface area is 116 Å². The molecule has 2 aromatic rings. The van der Waals surface area contributed by atoms with Crippen LogP contribution in [0.3, 0.4) is 0 Å². The number of esters is 1. The molecule has 0 amide bonds. The fourth-order valence-corrected chi connectivity index (χ4v) is 2.36.